The van der Waals surface area contributed by atoms with Gasteiger partial charge in [-0.25, -0.2) is 0 Å². The number of nitrogens with zero attached hydrogens (tertiary/aromatic N) is 3. The van der Waals surface area contributed by atoms with E-state index >= 15 is 0 Å². The van der Waals surface area contributed by atoms with Crippen molar-refractivity contribution in [3.63, 3.8) is 0 Å². The molecule has 0 bridgehead atoms. The summed E-state index contributed by atoms with van der Waals surface area (Å²) >= 11 is 1.72. The molecule has 1 fully saturated rings. The lowest BCUT2D eigenvalue weighted by molar-refractivity contribution is 0.247. The molecule has 0 aliphatic carbocycles. The zero-order chi connectivity index (χ0) is 15.2. The van der Waals surface area contributed by atoms with E-state index in [9.17, 15) is 0 Å². The van der Waals surface area contributed by atoms with Crippen LogP contribution in [0, 0.1) is 0 Å². The number of benzene rings is 1. The van der Waals surface area contributed by atoms with Crippen LogP contribution in [-0.2, 0) is 6.54 Å². The van der Waals surface area contributed by atoms with Crippen LogP contribution in [0.15, 0.2) is 30.3 Å². The van der Waals surface area contributed by atoms with E-state index in [4.69, 9.17) is 0 Å². The molecular weight excluding hydrogens is 292 g/mol. The van der Waals surface area contributed by atoms with Crippen LogP contribution in [0.3, 0.4) is 0 Å². The Hall–Kier alpha value is -1.46. The van der Waals surface area contributed by atoms with Crippen LogP contribution in [0.2, 0.25) is 0 Å². The van der Waals surface area contributed by atoms with Crippen LogP contribution in [0.25, 0.3) is 0 Å². The van der Waals surface area contributed by atoms with Gasteiger partial charge in [-0.3, -0.25) is 4.90 Å². The van der Waals surface area contributed by atoms with Gasteiger partial charge in [-0.05, 0) is 31.4 Å². The summed E-state index contributed by atoms with van der Waals surface area (Å²) in [5.41, 5.74) is 1.38. The summed E-state index contributed by atoms with van der Waals surface area (Å²) in [6.07, 6.45) is 4.82. The molecule has 0 saturated carbocycles. The second kappa shape index (κ2) is 7.70. The van der Waals surface area contributed by atoms with Gasteiger partial charge in [0.2, 0.25) is 5.13 Å². The molecule has 2 heterocycles. The number of hydrogen-bond acceptors (Lipinski definition) is 5. The van der Waals surface area contributed by atoms with Crippen molar-refractivity contribution in [2.45, 2.75) is 45.2 Å². The first kappa shape index (κ1) is 15.4. The lowest BCUT2D eigenvalue weighted by atomic mass is 10.2. The van der Waals surface area contributed by atoms with Gasteiger partial charge >= 0.3 is 0 Å². The van der Waals surface area contributed by atoms with E-state index in [-0.39, 0.29) is 0 Å². The lowest BCUT2D eigenvalue weighted by Crippen LogP contribution is -2.22. The van der Waals surface area contributed by atoms with Crippen LogP contribution in [0.1, 0.15) is 49.2 Å². The van der Waals surface area contributed by atoms with Crippen molar-refractivity contribution in [3.05, 3.63) is 40.9 Å². The molecule has 22 heavy (non-hydrogen) atoms. The maximum atomic E-state index is 4.43. The van der Waals surface area contributed by atoms with E-state index in [1.54, 1.807) is 11.3 Å². The van der Waals surface area contributed by atoms with Crippen LogP contribution in [0.4, 0.5) is 5.13 Å². The molecule has 118 valence electrons. The highest BCUT2D eigenvalue weighted by Crippen LogP contribution is 2.35. The first-order chi connectivity index (χ1) is 10.9. The molecule has 1 aliphatic rings. The highest BCUT2D eigenvalue weighted by atomic mass is 32.1. The normalized spacial score (nSPS) is 18.7. The molecular formula is C17H24N4S. The van der Waals surface area contributed by atoms with Gasteiger partial charge < -0.3 is 5.32 Å². The summed E-state index contributed by atoms with van der Waals surface area (Å²) in [6.45, 7) is 5.35. The number of unbranched alkanes of at least 4 members (excludes halogenated alkanes) is 1. The number of hydrogen-bond donors (Lipinski definition) is 1. The van der Waals surface area contributed by atoms with Gasteiger partial charge in [0.15, 0.2) is 0 Å². The SMILES string of the molecule is CCCCNc1nnc([C@@H]2CCCN2Cc2ccccc2)s1. The fourth-order valence-corrected chi connectivity index (χ4v) is 3.86. The summed E-state index contributed by atoms with van der Waals surface area (Å²) in [6, 6.07) is 11.1. The van der Waals surface area contributed by atoms with Gasteiger partial charge in [0.05, 0.1) is 6.04 Å². The Morgan fingerprint density at radius 3 is 2.95 bits per heavy atom. The van der Waals surface area contributed by atoms with Crippen molar-refractivity contribution in [1.82, 2.24) is 15.1 Å². The molecule has 2 aromatic rings. The Balaban J connectivity index is 1.63. The van der Waals surface area contributed by atoms with E-state index in [1.807, 2.05) is 0 Å². The highest BCUT2D eigenvalue weighted by molar-refractivity contribution is 7.15. The number of likely N-dealkylation sites (tertiary alicyclic amines) is 1. The molecule has 1 atom stereocenters. The highest BCUT2D eigenvalue weighted by Gasteiger charge is 2.28. The molecule has 0 unspecified atom stereocenters. The Labute approximate surface area is 136 Å². The fraction of sp³-hybridized carbons (Fsp3) is 0.529. The number of nitrogens with one attached hydrogen (secondary N) is 1. The lowest BCUT2D eigenvalue weighted by Gasteiger charge is -2.22. The zero-order valence-electron chi connectivity index (χ0n) is 13.2. The predicted octanol–water partition coefficient (Wildman–Crippen LogP) is 4.09. The zero-order valence-corrected chi connectivity index (χ0v) is 14.0. The van der Waals surface area contributed by atoms with Crippen molar-refractivity contribution < 1.29 is 0 Å². The van der Waals surface area contributed by atoms with Crippen LogP contribution in [0.5, 0.6) is 0 Å². The van der Waals surface area contributed by atoms with E-state index in [2.05, 4.69) is 57.7 Å². The molecule has 1 N–H and O–H groups in total. The summed E-state index contributed by atoms with van der Waals surface area (Å²) in [4.78, 5) is 2.53. The minimum Gasteiger partial charge on any atom is -0.360 e. The largest absolute Gasteiger partial charge is 0.360 e. The summed E-state index contributed by atoms with van der Waals surface area (Å²) in [5.74, 6) is 0. The fourth-order valence-electron chi connectivity index (χ4n) is 2.93. The quantitative estimate of drug-likeness (QED) is 0.781. The second-order valence-corrected chi connectivity index (χ2v) is 6.85. The van der Waals surface area contributed by atoms with E-state index in [1.165, 1.54) is 31.2 Å². The molecule has 1 saturated heterocycles. The Kier molecular flexibility index (Phi) is 5.40. The molecule has 0 radical (unpaired) electrons. The van der Waals surface area contributed by atoms with Crippen molar-refractivity contribution in [2.24, 2.45) is 0 Å². The van der Waals surface area contributed by atoms with Gasteiger partial charge in [0, 0.05) is 13.1 Å². The molecule has 5 heteroatoms. The average Bonchev–Trinajstić information content (AvgIpc) is 3.18. The summed E-state index contributed by atoms with van der Waals surface area (Å²) in [5, 5.41) is 14.2. The maximum Gasteiger partial charge on any atom is 0.205 e. The third-order valence-electron chi connectivity index (χ3n) is 4.12. The van der Waals surface area contributed by atoms with Crippen LogP contribution < -0.4 is 5.32 Å². The molecule has 4 nitrogen and oxygen atoms in total. The van der Waals surface area contributed by atoms with Gasteiger partial charge in [0.25, 0.3) is 0 Å². The summed E-state index contributed by atoms with van der Waals surface area (Å²) in [7, 11) is 0. The maximum absolute atomic E-state index is 4.43. The Morgan fingerprint density at radius 2 is 2.14 bits per heavy atom. The number of aromatic nitrogens is 2. The third-order valence-corrected chi connectivity index (χ3v) is 5.11. The molecule has 1 aliphatic heterocycles. The van der Waals surface area contributed by atoms with E-state index in [0.717, 1.165) is 29.8 Å². The third kappa shape index (κ3) is 3.84. The first-order valence-corrected chi connectivity index (χ1v) is 9.03. The molecule has 1 aromatic heterocycles. The number of anilines is 1. The first-order valence-electron chi connectivity index (χ1n) is 8.22. The van der Waals surface area contributed by atoms with Crippen molar-refractivity contribution in [2.75, 3.05) is 18.4 Å². The average molecular weight is 316 g/mol. The van der Waals surface area contributed by atoms with Gasteiger partial charge in [-0.2, -0.15) is 0 Å². The van der Waals surface area contributed by atoms with E-state index < -0.39 is 0 Å². The molecule has 0 amide bonds. The number of rotatable bonds is 7. The van der Waals surface area contributed by atoms with Crippen molar-refractivity contribution >= 4 is 16.5 Å². The Bertz CT molecular complexity index is 569. The topological polar surface area (TPSA) is 41.1 Å². The Morgan fingerprint density at radius 1 is 1.27 bits per heavy atom. The predicted molar refractivity (Wildman–Crippen MR) is 92.1 cm³/mol. The second-order valence-electron chi connectivity index (χ2n) is 5.84. The van der Waals surface area contributed by atoms with Gasteiger partial charge in [0.1, 0.15) is 5.01 Å². The minimum absolute atomic E-state index is 0.430. The van der Waals surface area contributed by atoms with Crippen molar-refractivity contribution in [1.29, 1.82) is 0 Å². The molecule has 3 rings (SSSR count). The van der Waals surface area contributed by atoms with Gasteiger partial charge in [-0.15, -0.1) is 10.2 Å². The minimum atomic E-state index is 0.430. The van der Waals surface area contributed by atoms with E-state index in [0.29, 0.717) is 6.04 Å². The van der Waals surface area contributed by atoms with Crippen LogP contribution >= 0.6 is 11.3 Å². The van der Waals surface area contributed by atoms with Crippen LogP contribution in [-0.4, -0.2) is 28.2 Å². The smallest absolute Gasteiger partial charge is 0.205 e. The monoisotopic (exact) mass is 316 g/mol. The summed E-state index contributed by atoms with van der Waals surface area (Å²) < 4.78 is 0. The standard InChI is InChI=1S/C17H24N4S/c1-2-3-11-18-17-20-19-16(22-17)15-10-7-12-21(15)13-14-8-5-4-6-9-14/h4-6,8-9,15H,2-3,7,10-13H2,1H3,(H,18,20)/t15-/m0/s1. The molecule has 0 spiro atoms. The van der Waals surface area contributed by atoms with Crippen molar-refractivity contribution in [3.8, 4) is 0 Å². The van der Waals surface area contributed by atoms with Gasteiger partial charge in [-0.1, -0.05) is 55.0 Å². The molecule has 1 aromatic carbocycles.